The van der Waals surface area contributed by atoms with Gasteiger partial charge in [-0.1, -0.05) is 13.0 Å². The molecule has 0 saturated carbocycles. The molecule has 0 radical (unpaired) electrons. The Morgan fingerprint density at radius 3 is 2.43 bits per heavy atom. The highest BCUT2D eigenvalue weighted by molar-refractivity contribution is 5.70. The summed E-state index contributed by atoms with van der Waals surface area (Å²) in [5.41, 5.74) is 1.28. The van der Waals surface area contributed by atoms with E-state index >= 15 is 0 Å². The number of halogens is 2. The standard InChI is InChI=1S/C16H19F2N3/c1-5-12-20-15(10(4)16(21-12)19-6-2)13-11(17)8-7-9(3)14(13)18/h7-8H,5-6H2,1-4H3,(H,19,20,21). The molecule has 0 bridgehead atoms. The third-order valence-corrected chi connectivity index (χ3v) is 3.37. The zero-order valence-corrected chi connectivity index (χ0v) is 12.7. The van der Waals surface area contributed by atoms with Gasteiger partial charge < -0.3 is 5.32 Å². The molecule has 2 aromatic rings. The predicted octanol–water partition coefficient (Wildman–Crippen LogP) is 4.03. The molecule has 0 atom stereocenters. The van der Waals surface area contributed by atoms with Crippen LogP contribution in [0, 0.1) is 25.5 Å². The van der Waals surface area contributed by atoms with Crippen LogP contribution in [0.5, 0.6) is 0 Å². The zero-order valence-electron chi connectivity index (χ0n) is 12.7. The summed E-state index contributed by atoms with van der Waals surface area (Å²) in [7, 11) is 0. The number of nitrogens with one attached hydrogen (secondary N) is 1. The molecule has 1 N–H and O–H groups in total. The number of hydrogen-bond acceptors (Lipinski definition) is 3. The summed E-state index contributed by atoms with van der Waals surface area (Å²) in [6.45, 7) is 7.92. The maximum absolute atomic E-state index is 14.4. The van der Waals surface area contributed by atoms with Gasteiger partial charge in [-0.15, -0.1) is 0 Å². The molecule has 1 aromatic heterocycles. The lowest BCUT2D eigenvalue weighted by Gasteiger charge is -2.14. The van der Waals surface area contributed by atoms with E-state index in [4.69, 9.17) is 0 Å². The van der Waals surface area contributed by atoms with Crippen LogP contribution in [0.1, 0.15) is 30.8 Å². The molecule has 0 fully saturated rings. The summed E-state index contributed by atoms with van der Waals surface area (Å²) in [6.07, 6.45) is 0.598. The first kappa shape index (κ1) is 15.4. The first-order valence-electron chi connectivity index (χ1n) is 7.05. The second kappa shape index (κ2) is 6.16. The van der Waals surface area contributed by atoms with Crippen LogP contribution in [0.25, 0.3) is 11.3 Å². The number of nitrogens with zero attached hydrogens (tertiary/aromatic N) is 2. The van der Waals surface area contributed by atoms with Crippen molar-refractivity contribution in [3.8, 4) is 11.3 Å². The molecule has 0 aliphatic heterocycles. The predicted molar refractivity (Wildman–Crippen MR) is 80.4 cm³/mol. The van der Waals surface area contributed by atoms with Crippen LogP contribution in [0.4, 0.5) is 14.6 Å². The summed E-state index contributed by atoms with van der Waals surface area (Å²) in [4.78, 5) is 8.72. The number of aryl methyl sites for hydroxylation is 2. The van der Waals surface area contributed by atoms with Crippen molar-refractivity contribution >= 4 is 5.82 Å². The van der Waals surface area contributed by atoms with Crippen molar-refractivity contribution in [2.75, 3.05) is 11.9 Å². The largest absolute Gasteiger partial charge is 0.370 e. The Kier molecular flexibility index (Phi) is 4.50. The Balaban J connectivity index is 2.74. The SMILES string of the molecule is CCNc1nc(CC)nc(-c2c(F)ccc(C)c2F)c1C. The van der Waals surface area contributed by atoms with Crippen LogP contribution in [0.2, 0.25) is 0 Å². The highest BCUT2D eigenvalue weighted by atomic mass is 19.1. The van der Waals surface area contributed by atoms with Gasteiger partial charge in [0.1, 0.15) is 23.3 Å². The molecule has 112 valence electrons. The quantitative estimate of drug-likeness (QED) is 0.924. The fourth-order valence-corrected chi connectivity index (χ4v) is 2.18. The summed E-state index contributed by atoms with van der Waals surface area (Å²) in [5, 5.41) is 3.12. The zero-order chi connectivity index (χ0) is 15.6. The van der Waals surface area contributed by atoms with Gasteiger partial charge in [0, 0.05) is 18.5 Å². The molecular weight excluding hydrogens is 272 g/mol. The van der Waals surface area contributed by atoms with Gasteiger partial charge in [0.05, 0.1) is 11.3 Å². The molecule has 0 spiro atoms. The van der Waals surface area contributed by atoms with Gasteiger partial charge in [0.15, 0.2) is 0 Å². The minimum Gasteiger partial charge on any atom is -0.370 e. The highest BCUT2D eigenvalue weighted by Crippen LogP contribution is 2.31. The van der Waals surface area contributed by atoms with Crippen LogP contribution in [0.3, 0.4) is 0 Å². The fourth-order valence-electron chi connectivity index (χ4n) is 2.18. The van der Waals surface area contributed by atoms with Gasteiger partial charge in [0.25, 0.3) is 0 Å². The van der Waals surface area contributed by atoms with E-state index in [1.165, 1.54) is 12.1 Å². The van der Waals surface area contributed by atoms with Gasteiger partial charge in [-0.2, -0.15) is 0 Å². The Morgan fingerprint density at radius 1 is 1.10 bits per heavy atom. The third-order valence-electron chi connectivity index (χ3n) is 3.37. The molecule has 3 nitrogen and oxygen atoms in total. The smallest absolute Gasteiger partial charge is 0.138 e. The number of hydrogen-bond donors (Lipinski definition) is 1. The van der Waals surface area contributed by atoms with Crippen molar-refractivity contribution in [2.24, 2.45) is 0 Å². The Hall–Kier alpha value is -2.04. The van der Waals surface area contributed by atoms with Gasteiger partial charge >= 0.3 is 0 Å². The van der Waals surface area contributed by atoms with Crippen molar-refractivity contribution in [1.82, 2.24) is 9.97 Å². The minimum absolute atomic E-state index is 0.0799. The van der Waals surface area contributed by atoms with Crippen LogP contribution in [0.15, 0.2) is 12.1 Å². The van der Waals surface area contributed by atoms with Gasteiger partial charge in [0.2, 0.25) is 0 Å². The third kappa shape index (κ3) is 2.86. The maximum Gasteiger partial charge on any atom is 0.138 e. The second-order valence-corrected chi connectivity index (χ2v) is 4.90. The van der Waals surface area contributed by atoms with Crippen LogP contribution < -0.4 is 5.32 Å². The number of aromatic nitrogens is 2. The van der Waals surface area contributed by atoms with Crippen LogP contribution >= 0.6 is 0 Å². The summed E-state index contributed by atoms with van der Waals surface area (Å²) in [5.74, 6) is 0.0113. The molecule has 2 rings (SSSR count). The van der Waals surface area contributed by atoms with Crippen molar-refractivity contribution in [3.05, 3.63) is 40.7 Å². The molecular formula is C16H19F2N3. The summed E-state index contributed by atoms with van der Waals surface area (Å²) >= 11 is 0. The highest BCUT2D eigenvalue weighted by Gasteiger charge is 2.20. The Bertz CT molecular complexity index is 669. The molecule has 1 aromatic carbocycles. The van der Waals surface area contributed by atoms with E-state index in [0.29, 0.717) is 41.4 Å². The average Bonchev–Trinajstić information content (AvgIpc) is 2.47. The van der Waals surface area contributed by atoms with E-state index in [1.54, 1.807) is 13.8 Å². The van der Waals surface area contributed by atoms with Crippen molar-refractivity contribution in [2.45, 2.75) is 34.1 Å². The number of anilines is 1. The lowest BCUT2D eigenvalue weighted by Crippen LogP contribution is -2.09. The summed E-state index contributed by atoms with van der Waals surface area (Å²) < 4.78 is 28.5. The van der Waals surface area contributed by atoms with Crippen molar-refractivity contribution < 1.29 is 8.78 Å². The van der Waals surface area contributed by atoms with E-state index in [2.05, 4.69) is 15.3 Å². The lowest BCUT2D eigenvalue weighted by atomic mass is 10.0. The first-order valence-corrected chi connectivity index (χ1v) is 7.05. The first-order chi connectivity index (χ1) is 9.99. The average molecular weight is 291 g/mol. The second-order valence-electron chi connectivity index (χ2n) is 4.90. The van der Waals surface area contributed by atoms with E-state index in [-0.39, 0.29) is 5.56 Å². The molecule has 0 aliphatic rings. The Labute approximate surface area is 123 Å². The van der Waals surface area contributed by atoms with Gasteiger partial charge in [-0.25, -0.2) is 18.7 Å². The number of rotatable bonds is 4. The van der Waals surface area contributed by atoms with E-state index < -0.39 is 11.6 Å². The Morgan fingerprint density at radius 2 is 1.81 bits per heavy atom. The van der Waals surface area contributed by atoms with E-state index in [0.717, 1.165) is 0 Å². The monoisotopic (exact) mass is 291 g/mol. The van der Waals surface area contributed by atoms with Crippen molar-refractivity contribution in [3.63, 3.8) is 0 Å². The molecule has 0 amide bonds. The van der Waals surface area contributed by atoms with Crippen molar-refractivity contribution in [1.29, 1.82) is 0 Å². The van der Waals surface area contributed by atoms with Gasteiger partial charge in [-0.3, -0.25) is 0 Å². The van der Waals surface area contributed by atoms with Crippen LogP contribution in [-0.4, -0.2) is 16.5 Å². The number of benzene rings is 1. The van der Waals surface area contributed by atoms with Gasteiger partial charge in [-0.05, 0) is 32.4 Å². The van der Waals surface area contributed by atoms with E-state index in [9.17, 15) is 8.78 Å². The maximum atomic E-state index is 14.4. The molecule has 21 heavy (non-hydrogen) atoms. The molecule has 0 unspecified atom stereocenters. The van der Waals surface area contributed by atoms with E-state index in [1.807, 2.05) is 13.8 Å². The minimum atomic E-state index is -0.607. The molecule has 0 aliphatic carbocycles. The summed E-state index contributed by atoms with van der Waals surface area (Å²) in [6, 6.07) is 2.70. The molecule has 0 saturated heterocycles. The van der Waals surface area contributed by atoms with Crippen LogP contribution in [-0.2, 0) is 6.42 Å². The molecule has 5 heteroatoms. The molecule has 1 heterocycles. The normalized spacial score (nSPS) is 10.8. The topological polar surface area (TPSA) is 37.8 Å². The lowest BCUT2D eigenvalue weighted by molar-refractivity contribution is 0.582. The fraction of sp³-hybridized carbons (Fsp3) is 0.375.